The number of halogens is 2. The molecule has 3 nitrogen and oxygen atoms in total. The Kier molecular flexibility index (Phi) is 3.41. The highest BCUT2D eigenvalue weighted by atomic mass is 32.2. The van der Waals surface area contributed by atoms with E-state index in [4.69, 9.17) is 0 Å². The lowest BCUT2D eigenvalue weighted by Gasteiger charge is -2.10. The summed E-state index contributed by atoms with van der Waals surface area (Å²) in [6, 6.07) is 2.59. The lowest BCUT2D eigenvalue weighted by Crippen LogP contribution is -2.14. The summed E-state index contributed by atoms with van der Waals surface area (Å²) >= 11 is 0. The van der Waals surface area contributed by atoms with Gasteiger partial charge in [-0.3, -0.25) is 0 Å². The fourth-order valence-corrected chi connectivity index (χ4v) is 1.90. The molecule has 0 amide bonds. The smallest absolute Gasteiger partial charge is 0.150 e. The van der Waals surface area contributed by atoms with E-state index in [-0.39, 0.29) is 5.56 Å². The van der Waals surface area contributed by atoms with Gasteiger partial charge in [-0.2, -0.15) is 0 Å². The molecule has 0 aromatic heterocycles. The standard InChI is InChI=1S/C9H10F2O3S/c1-15(13,14)5-9(12)7-3-2-6(10)4-8(7)11/h2-4,9,12H,5H2,1H3. The second-order valence-corrected chi connectivity index (χ2v) is 5.46. The number of sulfone groups is 1. The molecule has 1 atom stereocenters. The number of benzene rings is 1. The molecule has 1 rings (SSSR count). The van der Waals surface area contributed by atoms with E-state index >= 15 is 0 Å². The molecule has 0 heterocycles. The van der Waals surface area contributed by atoms with Crippen LogP contribution < -0.4 is 0 Å². The van der Waals surface area contributed by atoms with Crippen molar-refractivity contribution in [1.82, 2.24) is 0 Å². The van der Waals surface area contributed by atoms with Crippen LogP contribution in [0, 0.1) is 11.6 Å². The normalized spacial score (nSPS) is 13.9. The molecule has 15 heavy (non-hydrogen) atoms. The van der Waals surface area contributed by atoms with Gasteiger partial charge in [0.25, 0.3) is 0 Å². The van der Waals surface area contributed by atoms with E-state index in [1.807, 2.05) is 0 Å². The predicted octanol–water partition coefficient (Wildman–Crippen LogP) is 1.04. The zero-order valence-electron chi connectivity index (χ0n) is 7.94. The fourth-order valence-electron chi connectivity index (χ4n) is 1.15. The van der Waals surface area contributed by atoms with Crippen molar-refractivity contribution in [3.8, 4) is 0 Å². The average molecular weight is 236 g/mol. The SMILES string of the molecule is CS(=O)(=O)CC(O)c1ccc(F)cc1F. The first-order valence-electron chi connectivity index (χ1n) is 4.10. The van der Waals surface area contributed by atoms with E-state index in [1.54, 1.807) is 0 Å². The highest BCUT2D eigenvalue weighted by Crippen LogP contribution is 2.19. The van der Waals surface area contributed by atoms with E-state index in [0.29, 0.717) is 6.07 Å². The number of hydrogen-bond donors (Lipinski definition) is 1. The van der Waals surface area contributed by atoms with Gasteiger partial charge in [0.1, 0.15) is 21.5 Å². The molecule has 1 aromatic carbocycles. The van der Waals surface area contributed by atoms with Gasteiger partial charge < -0.3 is 5.11 Å². The average Bonchev–Trinajstić information content (AvgIpc) is 1.99. The third-order valence-corrected chi connectivity index (χ3v) is 2.70. The largest absolute Gasteiger partial charge is 0.387 e. The summed E-state index contributed by atoms with van der Waals surface area (Å²) in [5.41, 5.74) is -0.221. The topological polar surface area (TPSA) is 54.4 Å². The summed E-state index contributed by atoms with van der Waals surface area (Å²) in [5, 5.41) is 9.39. The van der Waals surface area contributed by atoms with Gasteiger partial charge in [-0.25, -0.2) is 17.2 Å². The highest BCUT2D eigenvalue weighted by Gasteiger charge is 2.18. The highest BCUT2D eigenvalue weighted by molar-refractivity contribution is 7.90. The molecule has 6 heteroatoms. The van der Waals surface area contributed by atoms with E-state index in [2.05, 4.69) is 0 Å². The third kappa shape index (κ3) is 3.56. The van der Waals surface area contributed by atoms with Crippen molar-refractivity contribution in [3.63, 3.8) is 0 Å². The molecule has 0 aliphatic rings. The molecule has 0 saturated carbocycles. The maximum absolute atomic E-state index is 13.1. The van der Waals surface area contributed by atoms with Gasteiger partial charge in [0.2, 0.25) is 0 Å². The Hall–Kier alpha value is -1.01. The van der Waals surface area contributed by atoms with Crippen molar-refractivity contribution in [3.05, 3.63) is 35.4 Å². The van der Waals surface area contributed by atoms with Crippen LogP contribution in [0.25, 0.3) is 0 Å². The van der Waals surface area contributed by atoms with Crippen molar-refractivity contribution in [1.29, 1.82) is 0 Å². The van der Waals surface area contributed by atoms with Crippen LogP contribution in [0.3, 0.4) is 0 Å². The number of aliphatic hydroxyl groups excluding tert-OH is 1. The Morgan fingerprint density at radius 1 is 1.40 bits per heavy atom. The van der Waals surface area contributed by atoms with E-state index in [9.17, 15) is 22.3 Å². The van der Waals surface area contributed by atoms with Crippen LogP contribution in [-0.4, -0.2) is 25.5 Å². The van der Waals surface area contributed by atoms with E-state index in [1.165, 1.54) is 0 Å². The zero-order chi connectivity index (χ0) is 11.6. The zero-order valence-corrected chi connectivity index (χ0v) is 8.76. The van der Waals surface area contributed by atoms with Gasteiger partial charge >= 0.3 is 0 Å². The molecule has 0 radical (unpaired) electrons. The molecule has 1 N–H and O–H groups in total. The Morgan fingerprint density at radius 2 is 2.00 bits per heavy atom. The van der Waals surface area contributed by atoms with Crippen LogP contribution >= 0.6 is 0 Å². The Bertz CT molecular complexity index is 456. The summed E-state index contributed by atoms with van der Waals surface area (Å²) in [6.45, 7) is 0. The Labute approximate surface area is 86.3 Å². The van der Waals surface area contributed by atoms with Crippen molar-refractivity contribution in [2.24, 2.45) is 0 Å². The molecule has 0 fully saturated rings. The number of rotatable bonds is 3. The molecule has 0 bridgehead atoms. The molecule has 0 aliphatic heterocycles. The van der Waals surface area contributed by atoms with Crippen molar-refractivity contribution in [2.75, 3.05) is 12.0 Å². The summed E-state index contributed by atoms with van der Waals surface area (Å²) < 4.78 is 47.3. The molecule has 0 saturated heterocycles. The predicted molar refractivity (Wildman–Crippen MR) is 51.0 cm³/mol. The summed E-state index contributed by atoms with van der Waals surface area (Å²) in [6.07, 6.45) is -0.543. The second kappa shape index (κ2) is 4.24. The van der Waals surface area contributed by atoms with E-state index < -0.39 is 33.3 Å². The summed E-state index contributed by atoms with van der Waals surface area (Å²) in [7, 11) is -3.41. The van der Waals surface area contributed by atoms with E-state index in [0.717, 1.165) is 18.4 Å². The van der Waals surface area contributed by atoms with Crippen LogP contribution in [0.1, 0.15) is 11.7 Å². The maximum atomic E-state index is 13.1. The second-order valence-electron chi connectivity index (χ2n) is 3.27. The van der Waals surface area contributed by atoms with Crippen LogP contribution in [-0.2, 0) is 9.84 Å². The number of aliphatic hydroxyl groups is 1. The molecule has 1 aromatic rings. The molecular weight excluding hydrogens is 226 g/mol. The molecule has 0 spiro atoms. The minimum atomic E-state index is -3.41. The lowest BCUT2D eigenvalue weighted by molar-refractivity contribution is 0.196. The minimum absolute atomic E-state index is 0.221. The van der Waals surface area contributed by atoms with Crippen molar-refractivity contribution in [2.45, 2.75) is 6.10 Å². The van der Waals surface area contributed by atoms with Crippen LogP contribution in [0.15, 0.2) is 18.2 Å². The van der Waals surface area contributed by atoms with Gasteiger partial charge in [0, 0.05) is 17.9 Å². The fraction of sp³-hybridized carbons (Fsp3) is 0.333. The lowest BCUT2D eigenvalue weighted by atomic mass is 10.1. The molecular formula is C9H10F2O3S. The van der Waals surface area contributed by atoms with Crippen molar-refractivity contribution < 1.29 is 22.3 Å². The van der Waals surface area contributed by atoms with Gasteiger partial charge in [-0.15, -0.1) is 0 Å². The van der Waals surface area contributed by atoms with Crippen molar-refractivity contribution >= 4 is 9.84 Å². The van der Waals surface area contributed by atoms with Crippen LogP contribution in [0.4, 0.5) is 8.78 Å². The molecule has 1 unspecified atom stereocenters. The van der Waals surface area contributed by atoms with Crippen LogP contribution in [0.5, 0.6) is 0 Å². The molecule has 84 valence electrons. The maximum Gasteiger partial charge on any atom is 0.150 e. The summed E-state index contributed by atoms with van der Waals surface area (Å²) in [5.74, 6) is -2.32. The first kappa shape index (κ1) is 12.1. The first-order valence-corrected chi connectivity index (χ1v) is 6.16. The number of hydrogen-bond acceptors (Lipinski definition) is 3. The van der Waals surface area contributed by atoms with Crippen LogP contribution in [0.2, 0.25) is 0 Å². The quantitative estimate of drug-likeness (QED) is 0.853. The van der Waals surface area contributed by atoms with Gasteiger partial charge in [-0.1, -0.05) is 6.07 Å². The molecule has 0 aliphatic carbocycles. The van der Waals surface area contributed by atoms with Gasteiger partial charge in [0.15, 0.2) is 0 Å². The summed E-state index contributed by atoms with van der Waals surface area (Å²) in [4.78, 5) is 0. The monoisotopic (exact) mass is 236 g/mol. The van der Waals surface area contributed by atoms with Gasteiger partial charge in [-0.05, 0) is 6.07 Å². The Morgan fingerprint density at radius 3 is 2.47 bits per heavy atom. The van der Waals surface area contributed by atoms with Gasteiger partial charge in [0.05, 0.1) is 11.9 Å². The first-order chi connectivity index (χ1) is 6.79. The third-order valence-electron chi connectivity index (χ3n) is 1.78. The minimum Gasteiger partial charge on any atom is -0.387 e. The Balaban J connectivity index is 2.97.